The van der Waals surface area contributed by atoms with Crippen LogP contribution in [0.25, 0.3) is 0 Å². The van der Waals surface area contributed by atoms with Gasteiger partial charge in [0.05, 0.1) is 9.64 Å². The van der Waals surface area contributed by atoms with Gasteiger partial charge in [-0.1, -0.05) is 12.1 Å². The lowest BCUT2D eigenvalue weighted by atomic mass is 10.1. The highest BCUT2D eigenvalue weighted by Gasteiger charge is 2.27. The van der Waals surface area contributed by atoms with Crippen LogP contribution >= 0.6 is 0 Å². The number of nitrogens with two attached hydrogens (primary N) is 1. The molecule has 0 aliphatic heterocycles. The lowest BCUT2D eigenvalue weighted by Crippen LogP contribution is -2.39. The van der Waals surface area contributed by atoms with Gasteiger partial charge in [-0.3, -0.25) is 4.79 Å². The first kappa shape index (κ1) is 23.5. The Hall–Kier alpha value is -1.49. The molecule has 1 amide bonds. The van der Waals surface area contributed by atoms with Crippen molar-refractivity contribution in [2.45, 2.75) is 56.1 Å². The Morgan fingerprint density at radius 2 is 1.59 bits per heavy atom. The summed E-state index contributed by atoms with van der Waals surface area (Å²) in [5.41, 5.74) is 0.888. The number of sulfonamides is 2. The van der Waals surface area contributed by atoms with Crippen LogP contribution in [0.1, 0.15) is 45.6 Å². The molecule has 0 spiro atoms. The molecule has 0 radical (unpaired) electrons. The second kappa shape index (κ2) is 9.63. The van der Waals surface area contributed by atoms with E-state index in [1.165, 1.54) is 12.1 Å². The average Bonchev–Trinajstić information content (AvgIpc) is 2.53. The maximum absolute atomic E-state index is 11.9. The van der Waals surface area contributed by atoms with Crippen molar-refractivity contribution in [1.82, 2.24) is 10.0 Å². The zero-order valence-corrected chi connectivity index (χ0v) is 17.6. The third kappa shape index (κ3) is 8.37. The lowest BCUT2D eigenvalue weighted by Gasteiger charge is -2.19. The Labute approximate surface area is 162 Å². The quantitative estimate of drug-likeness (QED) is 0.484. The van der Waals surface area contributed by atoms with E-state index in [4.69, 9.17) is 5.14 Å². The van der Waals surface area contributed by atoms with Crippen LogP contribution in [0, 0.1) is 0 Å². The number of hydrogen-bond donors (Lipinski definition) is 3. The number of primary sulfonamides is 1. The molecule has 10 heteroatoms. The summed E-state index contributed by atoms with van der Waals surface area (Å²) in [7, 11) is -7.05. The molecule has 27 heavy (non-hydrogen) atoms. The van der Waals surface area contributed by atoms with Gasteiger partial charge in [0, 0.05) is 19.5 Å². The summed E-state index contributed by atoms with van der Waals surface area (Å²) in [6.45, 7) is 5.63. The fourth-order valence-corrected chi connectivity index (χ4v) is 3.48. The van der Waals surface area contributed by atoms with Crippen LogP contribution in [0.4, 0.5) is 0 Å². The molecule has 1 rings (SSSR count). The molecule has 0 aromatic heterocycles. The van der Waals surface area contributed by atoms with E-state index < -0.39 is 24.8 Å². The average molecular weight is 420 g/mol. The van der Waals surface area contributed by atoms with Crippen molar-refractivity contribution >= 4 is 26.0 Å². The number of rotatable bonds is 10. The molecule has 4 N–H and O–H groups in total. The first-order valence-corrected chi connectivity index (χ1v) is 11.7. The van der Waals surface area contributed by atoms with Crippen LogP contribution in [0.15, 0.2) is 29.2 Å². The van der Waals surface area contributed by atoms with Gasteiger partial charge < -0.3 is 5.32 Å². The van der Waals surface area contributed by atoms with Gasteiger partial charge >= 0.3 is 0 Å². The van der Waals surface area contributed by atoms with Gasteiger partial charge in [0.25, 0.3) is 0 Å². The Balaban J connectivity index is 2.23. The molecule has 0 atom stereocenters. The van der Waals surface area contributed by atoms with Crippen molar-refractivity contribution < 1.29 is 21.6 Å². The molecule has 0 aliphatic carbocycles. The number of nitrogens with one attached hydrogen (secondary N) is 2. The predicted octanol–water partition coefficient (Wildman–Crippen LogP) is 0.881. The van der Waals surface area contributed by atoms with Gasteiger partial charge in [0.1, 0.15) is 0 Å². The third-order valence-corrected chi connectivity index (χ3v) is 7.04. The minimum absolute atomic E-state index is 0.0531. The summed E-state index contributed by atoms with van der Waals surface area (Å²) in [6, 6.07) is 6.19. The Kier molecular flexibility index (Phi) is 8.40. The topological polar surface area (TPSA) is 135 Å². The van der Waals surface area contributed by atoms with Crippen LogP contribution in [-0.4, -0.2) is 40.6 Å². The van der Waals surface area contributed by atoms with Crippen LogP contribution in [0.3, 0.4) is 0 Å². The monoisotopic (exact) mass is 419 g/mol. The first-order chi connectivity index (χ1) is 12.3. The minimum atomic E-state index is -3.70. The van der Waals surface area contributed by atoms with E-state index in [0.29, 0.717) is 38.8 Å². The molecule has 0 unspecified atom stereocenters. The van der Waals surface area contributed by atoms with E-state index in [9.17, 15) is 21.6 Å². The molecular weight excluding hydrogens is 390 g/mol. The van der Waals surface area contributed by atoms with Crippen molar-refractivity contribution in [1.29, 1.82) is 0 Å². The molecular formula is C17H29N3O5S2. The highest BCUT2D eigenvalue weighted by molar-refractivity contribution is 7.90. The molecule has 0 saturated heterocycles. The van der Waals surface area contributed by atoms with E-state index in [1.54, 1.807) is 32.9 Å². The maximum atomic E-state index is 11.9. The van der Waals surface area contributed by atoms with E-state index in [-0.39, 0.29) is 10.8 Å². The zero-order valence-electron chi connectivity index (χ0n) is 16.0. The van der Waals surface area contributed by atoms with Crippen molar-refractivity contribution in [2.24, 2.45) is 5.14 Å². The van der Waals surface area contributed by atoms with E-state index in [0.717, 1.165) is 5.56 Å². The number of hydrogen-bond acceptors (Lipinski definition) is 5. The largest absolute Gasteiger partial charge is 0.356 e. The summed E-state index contributed by atoms with van der Waals surface area (Å²) in [5.74, 6) is -0.102. The SMILES string of the molecule is CC(C)(C)S(=O)(=O)NCCCCC(=O)NCCc1ccc(S(N)(=O)=O)cc1. The molecule has 8 nitrogen and oxygen atoms in total. The van der Waals surface area contributed by atoms with Crippen LogP contribution < -0.4 is 15.2 Å². The Morgan fingerprint density at radius 3 is 2.11 bits per heavy atom. The summed E-state index contributed by atoms with van der Waals surface area (Å²) in [5, 5.41) is 7.82. The minimum Gasteiger partial charge on any atom is -0.356 e. The number of carbonyl (C=O) groups excluding carboxylic acids is 1. The van der Waals surface area contributed by atoms with E-state index in [2.05, 4.69) is 10.0 Å². The smallest absolute Gasteiger partial charge is 0.238 e. The van der Waals surface area contributed by atoms with E-state index in [1.807, 2.05) is 0 Å². The highest BCUT2D eigenvalue weighted by Crippen LogP contribution is 2.13. The van der Waals surface area contributed by atoms with Crippen molar-refractivity contribution in [3.63, 3.8) is 0 Å². The predicted molar refractivity (Wildman–Crippen MR) is 105 cm³/mol. The summed E-state index contributed by atoms with van der Waals surface area (Å²) < 4.78 is 47.8. The van der Waals surface area contributed by atoms with Crippen molar-refractivity contribution in [3.8, 4) is 0 Å². The fourth-order valence-electron chi connectivity index (χ4n) is 2.11. The molecule has 0 heterocycles. The summed E-state index contributed by atoms with van der Waals surface area (Å²) in [4.78, 5) is 11.8. The van der Waals surface area contributed by atoms with E-state index >= 15 is 0 Å². The second-order valence-corrected chi connectivity index (χ2v) is 11.3. The van der Waals surface area contributed by atoms with Gasteiger partial charge in [-0.15, -0.1) is 0 Å². The molecule has 1 aromatic carbocycles. The van der Waals surface area contributed by atoms with Crippen LogP contribution in [0.5, 0.6) is 0 Å². The molecule has 0 fully saturated rings. The fraction of sp³-hybridized carbons (Fsp3) is 0.588. The first-order valence-electron chi connectivity index (χ1n) is 8.70. The number of benzene rings is 1. The Morgan fingerprint density at radius 1 is 1.00 bits per heavy atom. The zero-order chi connectivity index (χ0) is 20.7. The lowest BCUT2D eigenvalue weighted by molar-refractivity contribution is -0.121. The molecule has 0 saturated carbocycles. The summed E-state index contributed by atoms with van der Waals surface area (Å²) in [6.07, 6.45) is 2.06. The normalized spacial score (nSPS) is 12.7. The van der Waals surface area contributed by atoms with Crippen LogP contribution in [-0.2, 0) is 31.3 Å². The summed E-state index contributed by atoms with van der Waals surface area (Å²) >= 11 is 0. The number of amides is 1. The highest BCUT2D eigenvalue weighted by atomic mass is 32.2. The number of unbranched alkanes of at least 4 members (excludes halogenated alkanes) is 1. The molecule has 1 aromatic rings. The van der Waals surface area contributed by atoms with Gasteiger partial charge in [-0.25, -0.2) is 26.7 Å². The van der Waals surface area contributed by atoms with Gasteiger partial charge in [0.15, 0.2) is 0 Å². The van der Waals surface area contributed by atoms with Crippen molar-refractivity contribution in [2.75, 3.05) is 13.1 Å². The standard InChI is InChI=1S/C17H29N3O5S2/c1-17(2,3)27(24,25)20-12-5-4-6-16(21)19-13-11-14-7-9-15(10-8-14)26(18,22)23/h7-10,20H,4-6,11-13H2,1-3H3,(H,19,21)(H2,18,22,23). The Bertz CT molecular complexity index is 826. The van der Waals surface area contributed by atoms with Gasteiger partial charge in [-0.2, -0.15) is 0 Å². The van der Waals surface area contributed by atoms with Gasteiger partial charge in [-0.05, 0) is 57.7 Å². The maximum Gasteiger partial charge on any atom is 0.238 e. The van der Waals surface area contributed by atoms with Crippen molar-refractivity contribution in [3.05, 3.63) is 29.8 Å². The molecule has 154 valence electrons. The third-order valence-electron chi connectivity index (χ3n) is 3.92. The van der Waals surface area contributed by atoms with Gasteiger partial charge in [0.2, 0.25) is 26.0 Å². The second-order valence-electron chi connectivity index (χ2n) is 7.26. The van der Waals surface area contributed by atoms with Crippen LogP contribution in [0.2, 0.25) is 0 Å². The molecule has 0 aliphatic rings. The number of carbonyl (C=O) groups is 1. The molecule has 0 bridgehead atoms.